The van der Waals surface area contributed by atoms with E-state index in [1.807, 2.05) is 0 Å². The zero-order chi connectivity index (χ0) is 22.5. The second-order valence-corrected chi connectivity index (χ2v) is 7.13. The number of hydrogen-bond acceptors (Lipinski definition) is 9. The Morgan fingerprint density at radius 1 is 1.32 bits per heavy atom. The Balaban J connectivity index is 1.83. The van der Waals surface area contributed by atoms with Crippen LogP contribution >= 0.6 is 11.8 Å². The van der Waals surface area contributed by atoms with Gasteiger partial charge in [0.2, 0.25) is 5.75 Å². The van der Waals surface area contributed by atoms with Gasteiger partial charge in [0.25, 0.3) is 5.91 Å². The number of aromatic hydroxyl groups is 1. The number of carbonyl (C=O) groups excluding carboxylic acids is 2. The first-order valence-electron chi connectivity index (χ1n) is 8.94. The normalized spacial score (nSPS) is 15.7. The quantitative estimate of drug-likeness (QED) is 0.300. The van der Waals surface area contributed by atoms with Gasteiger partial charge in [-0.3, -0.25) is 14.9 Å². The molecule has 0 aromatic heterocycles. The topological polar surface area (TPSA) is 140 Å². The third kappa shape index (κ3) is 5.01. The number of nitrogens with zero attached hydrogens (tertiary/aromatic N) is 2. The van der Waals surface area contributed by atoms with Crippen molar-refractivity contribution in [2.45, 2.75) is 6.92 Å². The number of esters is 1. The van der Waals surface area contributed by atoms with E-state index < -0.39 is 28.2 Å². The highest BCUT2D eigenvalue weighted by molar-refractivity contribution is 8.18. The van der Waals surface area contributed by atoms with Crippen LogP contribution in [0.3, 0.4) is 0 Å². The lowest BCUT2D eigenvalue weighted by Gasteiger charge is -2.05. The first kappa shape index (κ1) is 21.8. The molecular formula is C20H17N3O7S. The predicted octanol–water partition coefficient (Wildman–Crippen LogP) is 3.38. The number of thioether (sulfide) groups is 1. The number of methoxy groups -OCH3 is 1. The van der Waals surface area contributed by atoms with Gasteiger partial charge in [0, 0.05) is 6.07 Å². The van der Waals surface area contributed by atoms with Crippen LogP contribution in [0.15, 0.2) is 46.3 Å². The van der Waals surface area contributed by atoms with E-state index in [0.717, 1.165) is 17.8 Å². The molecule has 1 saturated heterocycles. The van der Waals surface area contributed by atoms with Gasteiger partial charge in [-0.25, -0.2) is 9.79 Å². The van der Waals surface area contributed by atoms with E-state index in [1.54, 1.807) is 31.2 Å². The molecule has 0 atom stereocenters. The van der Waals surface area contributed by atoms with Crippen molar-refractivity contribution < 1.29 is 29.1 Å². The van der Waals surface area contributed by atoms with Crippen LogP contribution in [0.2, 0.25) is 0 Å². The van der Waals surface area contributed by atoms with E-state index >= 15 is 0 Å². The van der Waals surface area contributed by atoms with Crippen molar-refractivity contribution in [3.8, 4) is 11.5 Å². The Hall–Kier alpha value is -3.86. The molecule has 160 valence electrons. The lowest BCUT2D eigenvalue weighted by atomic mass is 10.1. The molecule has 1 aliphatic rings. The zero-order valence-electron chi connectivity index (χ0n) is 16.4. The summed E-state index contributed by atoms with van der Waals surface area (Å²) in [6.45, 7) is 1.99. The number of nitro groups is 1. The number of rotatable bonds is 6. The highest BCUT2D eigenvalue weighted by Crippen LogP contribution is 2.38. The minimum atomic E-state index is -0.742. The van der Waals surface area contributed by atoms with E-state index in [4.69, 9.17) is 9.47 Å². The van der Waals surface area contributed by atoms with Crippen molar-refractivity contribution in [2.75, 3.05) is 13.7 Å². The van der Waals surface area contributed by atoms with Crippen LogP contribution in [-0.2, 0) is 9.53 Å². The summed E-state index contributed by atoms with van der Waals surface area (Å²) in [7, 11) is 1.27. The standard InChI is InChI=1S/C20H17N3O7S/c1-3-30-19(26)12-4-6-13(7-5-12)21-20-22-18(25)16(31-20)10-11-8-14(23(27)28)17(24)15(9-11)29-2/h4-10,24H,3H2,1-2H3,(H,21,22,25). The van der Waals surface area contributed by atoms with Crippen molar-refractivity contribution in [1.82, 2.24) is 5.32 Å². The molecule has 0 spiro atoms. The Bertz CT molecular complexity index is 1110. The maximum Gasteiger partial charge on any atom is 0.338 e. The molecule has 0 saturated carbocycles. The summed E-state index contributed by atoms with van der Waals surface area (Å²) in [5, 5.41) is 23.9. The van der Waals surface area contributed by atoms with Crippen molar-refractivity contribution in [3.63, 3.8) is 0 Å². The summed E-state index contributed by atoms with van der Waals surface area (Å²) in [6, 6.07) is 8.88. The number of nitrogens with one attached hydrogen (secondary N) is 1. The van der Waals surface area contributed by atoms with Crippen LogP contribution in [0.4, 0.5) is 11.4 Å². The maximum absolute atomic E-state index is 12.3. The van der Waals surface area contributed by atoms with E-state index in [2.05, 4.69) is 10.3 Å². The monoisotopic (exact) mass is 443 g/mol. The number of phenols is 1. The second-order valence-electron chi connectivity index (χ2n) is 6.10. The number of aliphatic imine (C=N–C) groups is 1. The van der Waals surface area contributed by atoms with Gasteiger partial charge >= 0.3 is 11.7 Å². The Morgan fingerprint density at radius 3 is 2.65 bits per heavy atom. The molecule has 1 amide bonds. The fourth-order valence-corrected chi connectivity index (χ4v) is 3.47. The van der Waals surface area contributed by atoms with Gasteiger partial charge in [-0.05, 0) is 60.7 Å². The molecular weight excluding hydrogens is 426 g/mol. The third-order valence-electron chi connectivity index (χ3n) is 4.05. The minimum absolute atomic E-state index is 0.0833. The highest BCUT2D eigenvalue weighted by atomic mass is 32.2. The lowest BCUT2D eigenvalue weighted by Crippen LogP contribution is -2.19. The largest absolute Gasteiger partial charge is 0.500 e. The van der Waals surface area contributed by atoms with E-state index in [1.165, 1.54) is 19.3 Å². The van der Waals surface area contributed by atoms with Gasteiger partial charge in [-0.2, -0.15) is 0 Å². The fraction of sp³-hybridized carbons (Fsp3) is 0.150. The number of benzene rings is 2. The van der Waals surface area contributed by atoms with Crippen molar-refractivity contribution >= 4 is 46.3 Å². The molecule has 10 nitrogen and oxygen atoms in total. The summed E-state index contributed by atoms with van der Waals surface area (Å²) >= 11 is 1.04. The minimum Gasteiger partial charge on any atom is -0.500 e. The molecule has 0 unspecified atom stereocenters. The summed E-state index contributed by atoms with van der Waals surface area (Å²) in [6.07, 6.45) is 1.43. The molecule has 31 heavy (non-hydrogen) atoms. The van der Waals surface area contributed by atoms with E-state index in [-0.39, 0.29) is 17.3 Å². The predicted molar refractivity (Wildman–Crippen MR) is 115 cm³/mol. The Labute approximate surface area is 180 Å². The maximum atomic E-state index is 12.3. The first-order chi connectivity index (χ1) is 14.8. The molecule has 11 heteroatoms. The van der Waals surface area contributed by atoms with Crippen LogP contribution in [-0.4, -0.2) is 40.8 Å². The average molecular weight is 443 g/mol. The molecule has 3 rings (SSSR count). The van der Waals surface area contributed by atoms with E-state index in [9.17, 15) is 24.8 Å². The number of phenolic OH excluding ortho intramolecular Hbond substituents is 1. The zero-order valence-corrected chi connectivity index (χ0v) is 17.3. The number of ether oxygens (including phenoxy) is 2. The van der Waals surface area contributed by atoms with Gasteiger partial charge in [-0.1, -0.05) is 0 Å². The summed E-state index contributed by atoms with van der Waals surface area (Å²) in [5.74, 6) is -1.54. The SMILES string of the molecule is CCOC(=O)c1ccc(N=C2NC(=O)C(=Cc3cc(OC)c(O)c([N+](=O)[O-])c3)S2)cc1. The fourth-order valence-electron chi connectivity index (χ4n) is 2.63. The average Bonchev–Trinajstić information content (AvgIpc) is 3.08. The van der Waals surface area contributed by atoms with Gasteiger partial charge in [-0.15, -0.1) is 0 Å². The number of amides is 1. The molecule has 1 heterocycles. The molecule has 2 aromatic carbocycles. The summed E-state index contributed by atoms with van der Waals surface area (Å²) in [4.78, 5) is 39.0. The molecule has 2 aromatic rings. The van der Waals surface area contributed by atoms with Crippen LogP contribution in [0.1, 0.15) is 22.8 Å². The summed E-state index contributed by atoms with van der Waals surface area (Å²) in [5.41, 5.74) is 0.667. The van der Waals surface area contributed by atoms with Crippen LogP contribution < -0.4 is 10.1 Å². The molecule has 0 bridgehead atoms. The van der Waals surface area contributed by atoms with Crippen LogP contribution in [0, 0.1) is 10.1 Å². The van der Waals surface area contributed by atoms with Gasteiger partial charge < -0.3 is 19.9 Å². The molecule has 0 radical (unpaired) electrons. The number of nitro benzene ring substituents is 1. The Morgan fingerprint density at radius 2 is 2.03 bits per heavy atom. The lowest BCUT2D eigenvalue weighted by molar-refractivity contribution is -0.386. The van der Waals surface area contributed by atoms with Gasteiger partial charge in [0.15, 0.2) is 10.9 Å². The van der Waals surface area contributed by atoms with Gasteiger partial charge in [0.05, 0.1) is 34.8 Å². The number of carbonyl (C=O) groups is 2. The molecule has 1 fully saturated rings. The smallest absolute Gasteiger partial charge is 0.338 e. The molecule has 1 aliphatic heterocycles. The van der Waals surface area contributed by atoms with Gasteiger partial charge in [0.1, 0.15) is 0 Å². The first-order valence-corrected chi connectivity index (χ1v) is 9.76. The van der Waals surface area contributed by atoms with Crippen molar-refractivity contribution in [1.29, 1.82) is 0 Å². The van der Waals surface area contributed by atoms with Crippen LogP contribution in [0.5, 0.6) is 11.5 Å². The van der Waals surface area contributed by atoms with Crippen LogP contribution in [0.25, 0.3) is 6.08 Å². The van der Waals surface area contributed by atoms with E-state index in [0.29, 0.717) is 22.0 Å². The van der Waals surface area contributed by atoms with Crippen molar-refractivity contribution in [3.05, 3.63) is 62.5 Å². The van der Waals surface area contributed by atoms with Crippen molar-refractivity contribution in [2.24, 2.45) is 4.99 Å². The Kier molecular flexibility index (Phi) is 6.55. The molecule has 2 N–H and O–H groups in total. The third-order valence-corrected chi connectivity index (χ3v) is 4.96. The number of amidine groups is 1. The summed E-state index contributed by atoms with van der Waals surface area (Å²) < 4.78 is 9.88. The molecule has 0 aliphatic carbocycles. The second kappa shape index (κ2) is 9.30. The highest BCUT2D eigenvalue weighted by Gasteiger charge is 2.25. The number of hydrogen-bond donors (Lipinski definition) is 2.